The highest BCUT2D eigenvalue weighted by atomic mass is 16.5. The summed E-state index contributed by atoms with van der Waals surface area (Å²) < 4.78 is 5.15. The molecule has 1 aliphatic heterocycles. The van der Waals surface area contributed by atoms with Crippen molar-refractivity contribution < 1.29 is 4.74 Å². The summed E-state index contributed by atoms with van der Waals surface area (Å²) >= 11 is 0. The van der Waals surface area contributed by atoms with Gasteiger partial charge < -0.3 is 15.4 Å². The van der Waals surface area contributed by atoms with E-state index in [9.17, 15) is 4.79 Å². The van der Waals surface area contributed by atoms with E-state index in [1.807, 2.05) is 7.05 Å². The molecule has 128 valence electrons. The molecule has 1 atom stereocenters. The zero-order valence-electron chi connectivity index (χ0n) is 13.8. The Kier molecular flexibility index (Phi) is 4.61. The summed E-state index contributed by atoms with van der Waals surface area (Å²) in [6, 6.07) is 3.53. The molecule has 0 bridgehead atoms. The number of hydrogen-bond acceptors (Lipinski definition) is 8. The number of hydrogen-bond donors (Lipinski definition) is 2. The van der Waals surface area contributed by atoms with Gasteiger partial charge in [-0.15, -0.1) is 0 Å². The summed E-state index contributed by atoms with van der Waals surface area (Å²) in [7, 11) is 3.60. The highest BCUT2D eigenvalue weighted by molar-refractivity contribution is 5.34. The van der Waals surface area contributed by atoms with Gasteiger partial charge in [-0.1, -0.05) is 0 Å². The lowest BCUT2D eigenvalue weighted by molar-refractivity contribution is 0.247. The standard InChI is InChI=1S/C15H21N7O2/c1-21(8-10-7-12(23)19-14(16)18-10)11-4-6-22(9-11)15-17-5-3-13(20-15)24-2/h3,5,7,11H,4,6,8-9H2,1-2H3,(H3,16,18,19,23)/t11-/m1/s1. The average molecular weight is 331 g/mol. The van der Waals surface area contributed by atoms with E-state index in [1.54, 1.807) is 19.4 Å². The molecule has 1 aliphatic rings. The third kappa shape index (κ3) is 3.62. The molecule has 9 nitrogen and oxygen atoms in total. The Bertz CT molecular complexity index is 763. The average Bonchev–Trinajstić information content (AvgIpc) is 3.04. The van der Waals surface area contributed by atoms with Crippen molar-refractivity contribution in [2.75, 3.05) is 37.9 Å². The molecule has 1 fully saturated rings. The fourth-order valence-corrected chi connectivity index (χ4v) is 2.88. The lowest BCUT2D eigenvalue weighted by Gasteiger charge is -2.24. The van der Waals surface area contributed by atoms with Crippen molar-refractivity contribution in [3.63, 3.8) is 0 Å². The Morgan fingerprint density at radius 3 is 3.08 bits per heavy atom. The van der Waals surface area contributed by atoms with Crippen LogP contribution in [-0.4, -0.2) is 58.1 Å². The summed E-state index contributed by atoms with van der Waals surface area (Å²) in [6.45, 7) is 2.24. The van der Waals surface area contributed by atoms with E-state index in [-0.39, 0.29) is 11.5 Å². The summed E-state index contributed by atoms with van der Waals surface area (Å²) in [6.07, 6.45) is 2.68. The van der Waals surface area contributed by atoms with Gasteiger partial charge in [-0.25, -0.2) is 9.97 Å². The monoisotopic (exact) mass is 331 g/mol. The number of ether oxygens (including phenoxy) is 1. The fourth-order valence-electron chi connectivity index (χ4n) is 2.88. The first kappa shape index (κ1) is 16.2. The topological polar surface area (TPSA) is 113 Å². The van der Waals surface area contributed by atoms with Crippen molar-refractivity contribution in [3.05, 3.63) is 34.4 Å². The summed E-state index contributed by atoms with van der Waals surface area (Å²) in [5.74, 6) is 1.37. The summed E-state index contributed by atoms with van der Waals surface area (Å²) in [4.78, 5) is 31.1. The number of anilines is 2. The summed E-state index contributed by atoms with van der Waals surface area (Å²) in [5.41, 5.74) is 6.02. The SMILES string of the molecule is COc1ccnc(N2CC[C@@H](N(C)Cc3cc(=O)[nH]c(N)n3)C2)n1. The number of rotatable bonds is 5. The van der Waals surface area contributed by atoms with E-state index in [4.69, 9.17) is 10.5 Å². The van der Waals surface area contributed by atoms with E-state index in [2.05, 4.69) is 29.7 Å². The maximum atomic E-state index is 11.5. The normalized spacial score (nSPS) is 17.5. The number of aromatic amines is 1. The molecular formula is C15H21N7O2. The highest BCUT2D eigenvalue weighted by Crippen LogP contribution is 2.21. The maximum absolute atomic E-state index is 11.5. The van der Waals surface area contributed by atoms with Crippen molar-refractivity contribution >= 4 is 11.9 Å². The van der Waals surface area contributed by atoms with Crippen LogP contribution in [-0.2, 0) is 6.54 Å². The van der Waals surface area contributed by atoms with Gasteiger partial charge in [0.15, 0.2) is 0 Å². The Balaban J connectivity index is 1.65. The van der Waals surface area contributed by atoms with Gasteiger partial charge in [0, 0.05) is 44.0 Å². The minimum atomic E-state index is -0.233. The molecule has 24 heavy (non-hydrogen) atoms. The molecule has 9 heteroatoms. The summed E-state index contributed by atoms with van der Waals surface area (Å²) in [5, 5.41) is 0. The molecule has 3 heterocycles. The Labute approximate surface area is 139 Å². The fraction of sp³-hybridized carbons (Fsp3) is 0.467. The van der Waals surface area contributed by atoms with Crippen LogP contribution in [0.2, 0.25) is 0 Å². The van der Waals surface area contributed by atoms with Gasteiger partial charge in [-0.2, -0.15) is 4.98 Å². The molecule has 3 rings (SSSR count). The minimum Gasteiger partial charge on any atom is -0.481 e. The molecule has 1 saturated heterocycles. The van der Waals surface area contributed by atoms with Crippen molar-refractivity contribution in [2.24, 2.45) is 0 Å². The first-order valence-electron chi connectivity index (χ1n) is 7.73. The van der Waals surface area contributed by atoms with Crippen molar-refractivity contribution in [3.8, 4) is 5.88 Å². The Morgan fingerprint density at radius 1 is 1.50 bits per heavy atom. The van der Waals surface area contributed by atoms with Gasteiger partial charge in [0.05, 0.1) is 12.8 Å². The van der Waals surface area contributed by atoms with Gasteiger partial charge in [-0.05, 0) is 13.5 Å². The van der Waals surface area contributed by atoms with Crippen LogP contribution >= 0.6 is 0 Å². The van der Waals surface area contributed by atoms with Crippen molar-refractivity contribution in [2.45, 2.75) is 19.0 Å². The van der Waals surface area contributed by atoms with Crippen LogP contribution in [0, 0.1) is 0 Å². The predicted octanol–water partition coefficient (Wildman–Crippen LogP) is -0.139. The first-order chi connectivity index (χ1) is 11.5. The second-order valence-electron chi connectivity index (χ2n) is 5.82. The molecule has 2 aromatic rings. The highest BCUT2D eigenvalue weighted by Gasteiger charge is 2.27. The van der Waals surface area contributed by atoms with Crippen LogP contribution in [0.5, 0.6) is 5.88 Å². The second-order valence-corrected chi connectivity index (χ2v) is 5.82. The lowest BCUT2D eigenvalue weighted by atomic mass is 10.2. The van der Waals surface area contributed by atoms with Crippen LogP contribution in [0.1, 0.15) is 12.1 Å². The number of likely N-dealkylation sites (N-methyl/N-ethyl adjacent to an activating group) is 1. The van der Waals surface area contributed by atoms with E-state index in [1.165, 1.54) is 6.07 Å². The van der Waals surface area contributed by atoms with E-state index in [0.717, 1.165) is 19.5 Å². The van der Waals surface area contributed by atoms with E-state index >= 15 is 0 Å². The molecule has 0 aromatic carbocycles. The lowest BCUT2D eigenvalue weighted by Crippen LogP contribution is -2.35. The van der Waals surface area contributed by atoms with Gasteiger partial charge in [0.2, 0.25) is 17.8 Å². The molecule has 0 unspecified atom stereocenters. The smallest absolute Gasteiger partial charge is 0.252 e. The van der Waals surface area contributed by atoms with Crippen molar-refractivity contribution in [1.29, 1.82) is 0 Å². The molecule has 0 saturated carbocycles. The number of aromatic nitrogens is 4. The minimum absolute atomic E-state index is 0.142. The van der Waals surface area contributed by atoms with Gasteiger partial charge in [-0.3, -0.25) is 14.7 Å². The molecule has 0 amide bonds. The number of methoxy groups -OCH3 is 1. The second kappa shape index (κ2) is 6.83. The van der Waals surface area contributed by atoms with Crippen LogP contribution < -0.4 is 20.9 Å². The Hall–Kier alpha value is -2.68. The van der Waals surface area contributed by atoms with Crippen LogP contribution in [0.15, 0.2) is 23.1 Å². The van der Waals surface area contributed by atoms with E-state index < -0.39 is 0 Å². The van der Waals surface area contributed by atoms with E-state index in [0.29, 0.717) is 30.1 Å². The zero-order valence-corrected chi connectivity index (χ0v) is 13.8. The van der Waals surface area contributed by atoms with Crippen LogP contribution in [0.25, 0.3) is 0 Å². The molecule has 2 aromatic heterocycles. The first-order valence-corrected chi connectivity index (χ1v) is 7.73. The van der Waals surface area contributed by atoms with Crippen LogP contribution in [0.4, 0.5) is 11.9 Å². The van der Waals surface area contributed by atoms with Crippen molar-refractivity contribution in [1.82, 2.24) is 24.8 Å². The number of nitrogens with one attached hydrogen (secondary N) is 1. The molecule has 3 N–H and O–H groups in total. The largest absolute Gasteiger partial charge is 0.481 e. The molecule has 0 spiro atoms. The van der Waals surface area contributed by atoms with Gasteiger partial charge in [0.1, 0.15) is 0 Å². The molecule has 0 aliphatic carbocycles. The number of nitrogens with two attached hydrogens (primary N) is 1. The quantitative estimate of drug-likeness (QED) is 0.778. The van der Waals surface area contributed by atoms with Gasteiger partial charge in [0.25, 0.3) is 5.56 Å². The maximum Gasteiger partial charge on any atom is 0.252 e. The molecular weight excluding hydrogens is 310 g/mol. The molecule has 0 radical (unpaired) electrons. The number of H-pyrrole nitrogens is 1. The third-order valence-electron chi connectivity index (χ3n) is 4.12. The zero-order chi connectivity index (χ0) is 17.1. The number of nitrogen functional groups attached to an aromatic ring is 1. The third-order valence-corrected chi connectivity index (χ3v) is 4.12. The van der Waals surface area contributed by atoms with Gasteiger partial charge >= 0.3 is 0 Å². The van der Waals surface area contributed by atoms with Crippen LogP contribution in [0.3, 0.4) is 0 Å². The Morgan fingerprint density at radius 2 is 2.33 bits per heavy atom. The predicted molar refractivity (Wildman–Crippen MR) is 89.9 cm³/mol. The number of nitrogens with zero attached hydrogens (tertiary/aromatic N) is 5.